The van der Waals surface area contributed by atoms with Crippen LogP contribution in [0.25, 0.3) is 0 Å². The van der Waals surface area contributed by atoms with E-state index in [0.717, 1.165) is 30.0 Å². The largest absolute Gasteiger partial charge is 0.355 e. The van der Waals surface area contributed by atoms with Crippen LogP contribution in [0.1, 0.15) is 25.7 Å². The topological polar surface area (TPSA) is 19.4 Å². The van der Waals surface area contributed by atoms with Gasteiger partial charge in [0.1, 0.15) is 10.8 Å². The summed E-state index contributed by atoms with van der Waals surface area (Å²) in [6, 6.07) is 17.8. The van der Waals surface area contributed by atoms with E-state index in [1.807, 2.05) is 0 Å². The van der Waals surface area contributed by atoms with Crippen LogP contribution in [0.4, 0.5) is 5.82 Å². The normalized spacial score (nSPS) is 19.8. The second kappa shape index (κ2) is 7.58. The van der Waals surface area contributed by atoms with E-state index in [1.54, 1.807) is 11.8 Å². The Hall–Kier alpha value is -1.52. The van der Waals surface area contributed by atoms with Crippen LogP contribution in [-0.4, -0.2) is 42.1 Å². The summed E-state index contributed by atoms with van der Waals surface area (Å²) in [4.78, 5) is 11.3. The first-order chi connectivity index (χ1) is 11.9. The first-order valence-electron chi connectivity index (χ1n) is 9.07. The van der Waals surface area contributed by atoms with E-state index >= 15 is 0 Å². The van der Waals surface area contributed by atoms with E-state index in [1.165, 1.54) is 43.7 Å². The van der Waals surface area contributed by atoms with Crippen LogP contribution in [-0.2, 0) is 0 Å². The van der Waals surface area contributed by atoms with Crippen LogP contribution < -0.4 is 4.90 Å². The Morgan fingerprint density at radius 3 is 2.50 bits per heavy atom. The Bertz CT molecular complexity index is 657. The van der Waals surface area contributed by atoms with Crippen molar-refractivity contribution in [1.29, 1.82) is 0 Å². The van der Waals surface area contributed by atoms with Gasteiger partial charge in [-0.25, -0.2) is 4.98 Å². The van der Waals surface area contributed by atoms with Gasteiger partial charge in [0.05, 0.1) is 0 Å². The van der Waals surface area contributed by atoms with Gasteiger partial charge in [0.2, 0.25) is 0 Å². The van der Waals surface area contributed by atoms with E-state index in [2.05, 4.69) is 58.3 Å². The molecule has 0 radical (unpaired) electrons. The molecule has 4 rings (SSSR count). The lowest BCUT2D eigenvalue weighted by Crippen LogP contribution is -2.42. The third-order valence-electron chi connectivity index (χ3n) is 5.12. The second-order valence-electron chi connectivity index (χ2n) is 6.71. The molecule has 1 aromatic carbocycles. The molecule has 0 amide bonds. The molecule has 0 N–H and O–H groups in total. The van der Waals surface area contributed by atoms with Gasteiger partial charge in [-0.05, 0) is 43.5 Å². The van der Waals surface area contributed by atoms with E-state index in [4.69, 9.17) is 4.98 Å². The number of anilines is 1. The molecular weight excluding hydrogens is 314 g/mol. The molecule has 2 heterocycles. The van der Waals surface area contributed by atoms with Crippen molar-refractivity contribution < 1.29 is 0 Å². The summed E-state index contributed by atoms with van der Waals surface area (Å²) in [6.07, 6.45) is 5.47. The van der Waals surface area contributed by atoms with Gasteiger partial charge in [-0.3, -0.25) is 4.90 Å². The summed E-state index contributed by atoms with van der Waals surface area (Å²) >= 11 is 1.74. The molecule has 1 aliphatic heterocycles. The Kier molecular flexibility index (Phi) is 5.04. The zero-order valence-electron chi connectivity index (χ0n) is 14.1. The highest BCUT2D eigenvalue weighted by molar-refractivity contribution is 7.99. The molecule has 2 aliphatic rings. The van der Waals surface area contributed by atoms with Crippen molar-refractivity contribution in [1.82, 2.24) is 9.88 Å². The van der Waals surface area contributed by atoms with Crippen LogP contribution in [0.3, 0.4) is 0 Å². The summed E-state index contributed by atoms with van der Waals surface area (Å²) in [5.74, 6) is 1.13. The Labute approximate surface area is 149 Å². The molecule has 1 aromatic heterocycles. The summed E-state index contributed by atoms with van der Waals surface area (Å²) < 4.78 is 0. The number of hydrogen-bond donors (Lipinski definition) is 0. The quantitative estimate of drug-likeness (QED) is 0.827. The Morgan fingerprint density at radius 1 is 0.833 bits per heavy atom. The van der Waals surface area contributed by atoms with Crippen LogP contribution in [0.2, 0.25) is 0 Å². The molecule has 1 saturated carbocycles. The predicted octanol–water partition coefficient (Wildman–Crippen LogP) is 4.30. The summed E-state index contributed by atoms with van der Waals surface area (Å²) in [5.41, 5.74) is 0. The molecule has 3 nitrogen and oxygen atoms in total. The summed E-state index contributed by atoms with van der Waals surface area (Å²) in [7, 11) is 0. The minimum atomic E-state index is 0.859. The number of hydrogen-bond acceptors (Lipinski definition) is 4. The van der Waals surface area contributed by atoms with Crippen molar-refractivity contribution in [3.8, 4) is 0 Å². The SMILES string of the molecule is c1ccc(Sc2cccc(N3CCCN(C4CCC4)CC3)n2)cc1. The Balaban J connectivity index is 1.43. The molecule has 24 heavy (non-hydrogen) atoms. The van der Waals surface area contributed by atoms with E-state index in [0.29, 0.717) is 0 Å². The number of nitrogens with zero attached hydrogens (tertiary/aromatic N) is 3. The van der Waals surface area contributed by atoms with Crippen LogP contribution in [0.15, 0.2) is 58.5 Å². The van der Waals surface area contributed by atoms with Crippen molar-refractivity contribution in [3.05, 3.63) is 48.5 Å². The summed E-state index contributed by atoms with van der Waals surface area (Å²) in [6.45, 7) is 4.65. The van der Waals surface area contributed by atoms with Gasteiger partial charge >= 0.3 is 0 Å². The smallest absolute Gasteiger partial charge is 0.129 e. The molecule has 1 saturated heterocycles. The van der Waals surface area contributed by atoms with Gasteiger partial charge in [0, 0.05) is 37.1 Å². The fourth-order valence-electron chi connectivity index (χ4n) is 3.53. The van der Waals surface area contributed by atoms with Gasteiger partial charge in [-0.15, -0.1) is 0 Å². The fourth-order valence-corrected chi connectivity index (χ4v) is 4.35. The number of benzene rings is 1. The molecule has 4 heteroatoms. The van der Waals surface area contributed by atoms with Crippen LogP contribution >= 0.6 is 11.8 Å². The van der Waals surface area contributed by atoms with E-state index < -0.39 is 0 Å². The lowest BCUT2D eigenvalue weighted by Gasteiger charge is -2.36. The first-order valence-corrected chi connectivity index (χ1v) is 9.89. The van der Waals surface area contributed by atoms with Gasteiger partial charge < -0.3 is 4.90 Å². The lowest BCUT2D eigenvalue weighted by molar-refractivity contribution is 0.136. The standard InChI is InChI=1S/C20H25N3S/c1-2-9-18(10-3-1)24-20-12-5-11-19(21-20)23-14-6-13-22(15-16-23)17-7-4-8-17/h1-3,5,9-12,17H,4,6-8,13-16H2. The third-order valence-corrected chi connectivity index (χ3v) is 6.06. The molecule has 0 atom stereocenters. The van der Waals surface area contributed by atoms with Crippen molar-refractivity contribution in [3.63, 3.8) is 0 Å². The minimum absolute atomic E-state index is 0.859. The average Bonchev–Trinajstić information content (AvgIpc) is 2.81. The summed E-state index contributed by atoms with van der Waals surface area (Å²) in [5, 5.41) is 1.08. The molecule has 0 bridgehead atoms. The molecular formula is C20H25N3S. The zero-order valence-corrected chi connectivity index (χ0v) is 14.9. The molecule has 0 spiro atoms. The number of pyridine rings is 1. The second-order valence-corrected chi connectivity index (χ2v) is 7.80. The molecule has 126 valence electrons. The van der Waals surface area contributed by atoms with Crippen molar-refractivity contribution in [2.45, 2.75) is 41.6 Å². The molecule has 2 fully saturated rings. The zero-order chi connectivity index (χ0) is 16.2. The van der Waals surface area contributed by atoms with E-state index in [9.17, 15) is 0 Å². The maximum atomic E-state index is 4.91. The van der Waals surface area contributed by atoms with Gasteiger partial charge in [0.15, 0.2) is 0 Å². The minimum Gasteiger partial charge on any atom is -0.355 e. The van der Waals surface area contributed by atoms with Gasteiger partial charge in [-0.2, -0.15) is 0 Å². The molecule has 0 unspecified atom stereocenters. The van der Waals surface area contributed by atoms with Gasteiger partial charge in [0.25, 0.3) is 0 Å². The van der Waals surface area contributed by atoms with Crippen molar-refractivity contribution >= 4 is 17.6 Å². The maximum absolute atomic E-state index is 4.91. The van der Waals surface area contributed by atoms with Crippen LogP contribution in [0, 0.1) is 0 Å². The number of aromatic nitrogens is 1. The van der Waals surface area contributed by atoms with Crippen molar-refractivity contribution in [2.24, 2.45) is 0 Å². The average molecular weight is 340 g/mol. The highest BCUT2D eigenvalue weighted by Gasteiger charge is 2.26. The van der Waals surface area contributed by atoms with Gasteiger partial charge in [-0.1, -0.05) is 42.4 Å². The van der Waals surface area contributed by atoms with Crippen LogP contribution in [0.5, 0.6) is 0 Å². The highest BCUT2D eigenvalue weighted by atomic mass is 32.2. The van der Waals surface area contributed by atoms with Crippen molar-refractivity contribution in [2.75, 3.05) is 31.1 Å². The fraction of sp³-hybridized carbons (Fsp3) is 0.450. The molecule has 2 aromatic rings. The first kappa shape index (κ1) is 16.0. The number of rotatable bonds is 4. The maximum Gasteiger partial charge on any atom is 0.129 e. The lowest BCUT2D eigenvalue weighted by atomic mass is 9.91. The van der Waals surface area contributed by atoms with E-state index in [-0.39, 0.29) is 0 Å². The third kappa shape index (κ3) is 3.76. The molecule has 1 aliphatic carbocycles. The highest BCUT2D eigenvalue weighted by Crippen LogP contribution is 2.29. The monoisotopic (exact) mass is 339 g/mol. The Morgan fingerprint density at radius 2 is 1.71 bits per heavy atom. The predicted molar refractivity (Wildman–Crippen MR) is 101 cm³/mol.